The first kappa shape index (κ1) is 16.1. The maximum absolute atomic E-state index is 12.7. The van der Waals surface area contributed by atoms with Gasteiger partial charge in [0.2, 0.25) is 0 Å². The zero-order valence-corrected chi connectivity index (χ0v) is 13.8. The molecule has 0 spiro atoms. The number of pyridine rings is 1. The highest BCUT2D eigenvalue weighted by molar-refractivity contribution is 6.33. The minimum Gasteiger partial charge on any atom is -0.370 e. The van der Waals surface area contributed by atoms with Crippen LogP contribution < -0.4 is 5.32 Å². The summed E-state index contributed by atoms with van der Waals surface area (Å²) in [6.45, 7) is 8.98. The van der Waals surface area contributed by atoms with Gasteiger partial charge in [0.1, 0.15) is 5.82 Å². The molecule has 1 N–H and O–H groups in total. The van der Waals surface area contributed by atoms with Crippen LogP contribution in [0.25, 0.3) is 0 Å². The monoisotopic (exact) mass is 309 g/mol. The van der Waals surface area contributed by atoms with Gasteiger partial charge < -0.3 is 10.2 Å². The molecule has 2 rings (SSSR count). The number of rotatable bonds is 4. The Labute approximate surface area is 131 Å². The van der Waals surface area contributed by atoms with Crippen molar-refractivity contribution in [1.82, 2.24) is 9.88 Å². The van der Waals surface area contributed by atoms with Gasteiger partial charge >= 0.3 is 0 Å². The lowest BCUT2D eigenvalue weighted by atomic mass is 9.88. The number of amides is 1. The molecule has 4 nitrogen and oxygen atoms in total. The number of piperidine rings is 1. The molecule has 0 saturated carbocycles. The van der Waals surface area contributed by atoms with Crippen LogP contribution in [0.5, 0.6) is 0 Å². The minimum atomic E-state index is 0.0145. The maximum Gasteiger partial charge on any atom is 0.255 e. The van der Waals surface area contributed by atoms with Crippen molar-refractivity contribution < 1.29 is 4.79 Å². The molecule has 1 aliphatic heterocycles. The van der Waals surface area contributed by atoms with E-state index in [1.165, 1.54) is 0 Å². The minimum absolute atomic E-state index is 0.0145. The van der Waals surface area contributed by atoms with Gasteiger partial charge in [-0.25, -0.2) is 4.98 Å². The summed E-state index contributed by atoms with van der Waals surface area (Å²) in [5.41, 5.74) is 0.548. The van der Waals surface area contributed by atoms with Crippen molar-refractivity contribution in [2.45, 2.75) is 33.6 Å². The van der Waals surface area contributed by atoms with Crippen LogP contribution in [0.2, 0.25) is 5.02 Å². The van der Waals surface area contributed by atoms with E-state index in [2.05, 4.69) is 31.1 Å². The molecule has 5 heteroatoms. The highest BCUT2D eigenvalue weighted by atomic mass is 35.5. The van der Waals surface area contributed by atoms with Crippen LogP contribution in [0.3, 0.4) is 0 Å². The number of nitrogens with one attached hydrogen (secondary N) is 1. The summed E-state index contributed by atoms with van der Waals surface area (Å²) in [6.07, 6.45) is 3.62. The van der Waals surface area contributed by atoms with Crippen LogP contribution in [0.4, 0.5) is 5.82 Å². The fraction of sp³-hybridized carbons (Fsp3) is 0.625. The van der Waals surface area contributed by atoms with E-state index >= 15 is 0 Å². The number of carbonyl (C=O) groups excluding carboxylic acids is 1. The van der Waals surface area contributed by atoms with E-state index in [9.17, 15) is 4.79 Å². The standard InChI is InChI=1S/C16H24ClN3O/c1-4-6-18-15-8-13(14(17)9-19-15)16(21)20-7-5-11(2)12(3)10-20/h8-9,11-12H,4-7,10H2,1-3H3,(H,18,19). The molecular weight excluding hydrogens is 286 g/mol. The number of likely N-dealkylation sites (tertiary alicyclic amines) is 1. The summed E-state index contributed by atoms with van der Waals surface area (Å²) in [7, 11) is 0. The molecule has 2 atom stereocenters. The molecule has 1 saturated heterocycles. The molecule has 0 bridgehead atoms. The molecule has 1 aromatic rings. The second kappa shape index (κ2) is 7.12. The lowest BCUT2D eigenvalue weighted by Gasteiger charge is -2.35. The lowest BCUT2D eigenvalue weighted by Crippen LogP contribution is -2.42. The Hall–Kier alpha value is -1.29. The molecule has 0 aliphatic carbocycles. The predicted molar refractivity (Wildman–Crippen MR) is 86.9 cm³/mol. The van der Waals surface area contributed by atoms with Gasteiger partial charge in [-0.3, -0.25) is 4.79 Å². The van der Waals surface area contributed by atoms with Crippen molar-refractivity contribution in [1.29, 1.82) is 0 Å². The van der Waals surface area contributed by atoms with E-state index in [-0.39, 0.29) is 5.91 Å². The van der Waals surface area contributed by atoms with Crippen LogP contribution in [0.15, 0.2) is 12.3 Å². The summed E-state index contributed by atoms with van der Waals surface area (Å²) in [6, 6.07) is 1.77. The van der Waals surface area contributed by atoms with E-state index in [0.29, 0.717) is 28.2 Å². The number of nitrogens with zero attached hydrogens (tertiary/aromatic N) is 2. The Balaban J connectivity index is 2.14. The number of hydrogen-bond acceptors (Lipinski definition) is 3. The largest absolute Gasteiger partial charge is 0.370 e. The molecule has 0 aromatic carbocycles. The number of hydrogen-bond donors (Lipinski definition) is 1. The molecule has 2 unspecified atom stereocenters. The second-order valence-corrected chi connectivity index (χ2v) is 6.38. The Morgan fingerprint density at radius 3 is 2.90 bits per heavy atom. The van der Waals surface area contributed by atoms with Crippen molar-refractivity contribution in [3.63, 3.8) is 0 Å². The SMILES string of the molecule is CCCNc1cc(C(=O)N2CCC(C)C(C)C2)c(Cl)cn1. The van der Waals surface area contributed by atoms with Crippen molar-refractivity contribution in [2.24, 2.45) is 11.8 Å². The third kappa shape index (κ3) is 3.88. The number of halogens is 1. The van der Waals surface area contributed by atoms with Crippen LogP contribution >= 0.6 is 11.6 Å². The lowest BCUT2D eigenvalue weighted by molar-refractivity contribution is 0.0627. The van der Waals surface area contributed by atoms with Crippen LogP contribution in [-0.4, -0.2) is 35.4 Å². The summed E-state index contributed by atoms with van der Waals surface area (Å²) in [5, 5.41) is 3.62. The van der Waals surface area contributed by atoms with Gasteiger partial charge in [-0.05, 0) is 30.7 Å². The molecule has 1 fully saturated rings. The van der Waals surface area contributed by atoms with E-state index in [4.69, 9.17) is 11.6 Å². The van der Waals surface area contributed by atoms with Gasteiger partial charge in [0, 0.05) is 25.8 Å². The molecule has 0 radical (unpaired) electrons. The fourth-order valence-electron chi connectivity index (χ4n) is 2.57. The zero-order chi connectivity index (χ0) is 15.4. The summed E-state index contributed by atoms with van der Waals surface area (Å²) in [4.78, 5) is 18.8. The summed E-state index contributed by atoms with van der Waals surface area (Å²) < 4.78 is 0. The molecule has 1 aromatic heterocycles. The quantitative estimate of drug-likeness (QED) is 0.923. The van der Waals surface area contributed by atoms with Crippen molar-refractivity contribution in [3.8, 4) is 0 Å². The van der Waals surface area contributed by atoms with Gasteiger partial charge in [-0.2, -0.15) is 0 Å². The van der Waals surface area contributed by atoms with Gasteiger partial charge in [0.05, 0.1) is 10.6 Å². The zero-order valence-electron chi connectivity index (χ0n) is 13.0. The topological polar surface area (TPSA) is 45.2 Å². The normalized spacial score (nSPS) is 22.2. The molecule has 21 heavy (non-hydrogen) atoms. The smallest absolute Gasteiger partial charge is 0.255 e. The first-order valence-corrected chi connectivity index (χ1v) is 8.09. The van der Waals surface area contributed by atoms with Crippen LogP contribution in [-0.2, 0) is 0 Å². The van der Waals surface area contributed by atoms with E-state index in [1.807, 2.05) is 4.90 Å². The third-order valence-corrected chi connectivity index (χ3v) is 4.56. The number of carbonyl (C=O) groups is 1. The third-order valence-electron chi connectivity index (χ3n) is 4.26. The van der Waals surface area contributed by atoms with E-state index < -0.39 is 0 Å². The van der Waals surface area contributed by atoms with E-state index in [0.717, 1.165) is 32.5 Å². The van der Waals surface area contributed by atoms with Crippen molar-refractivity contribution >= 4 is 23.3 Å². The first-order chi connectivity index (χ1) is 10.0. The first-order valence-electron chi connectivity index (χ1n) is 7.71. The molecule has 1 aliphatic rings. The Bertz CT molecular complexity index is 506. The Kier molecular flexibility index (Phi) is 5.45. The number of anilines is 1. The number of aromatic nitrogens is 1. The average Bonchev–Trinajstić information content (AvgIpc) is 2.48. The Morgan fingerprint density at radius 2 is 2.24 bits per heavy atom. The molecule has 2 heterocycles. The Morgan fingerprint density at radius 1 is 1.48 bits per heavy atom. The summed E-state index contributed by atoms with van der Waals surface area (Å²) in [5.74, 6) is 1.92. The highest BCUT2D eigenvalue weighted by Crippen LogP contribution is 2.26. The van der Waals surface area contributed by atoms with Crippen molar-refractivity contribution in [2.75, 3.05) is 25.0 Å². The van der Waals surface area contributed by atoms with E-state index in [1.54, 1.807) is 12.3 Å². The summed E-state index contributed by atoms with van der Waals surface area (Å²) >= 11 is 6.17. The van der Waals surface area contributed by atoms with Crippen LogP contribution in [0.1, 0.15) is 44.0 Å². The van der Waals surface area contributed by atoms with Gasteiger partial charge in [0.15, 0.2) is 0 Å². The molecular formula is C16H24ClN3O. The average molecular weight is 310 g/mol. The van der Waals surface area contributed by atoms with Crippen molar-refractivity contribution in [3.05, 3.63) is 22.8 Å². The fourth-order valence-corrected chi connectivity index (χ4v) is 2.75. The maximum atomic E-state index is 12.7. The van der Waals surface area contributed by atoms with Gasteiger partial charge in [-0.1, -0.05) is 32.4 Å². The second-order valence-electron chi connectivity index (χ2n) is 5.97. The predicted octanol–water partition coefficient (Wildman–Crippen LogP) is 3.68. The van der Waals surface area contributed by atoms with Gasteiger partial charge in [-0.15, -0.1) is 0 Å². The highest BCUT2D eigenvalue weighted by Gasteiger charge is 2.27. The molecule has 1 amide bonds. The van der Waals surface area contributed by atoms with Crippen LogP contribution in [0, 0.1) is 11.8 Å². The van der Waals surface area contributed by atoms with Gasteiger partial charge in [0.25, 0.3) is 5.91 Å². The molecule has 116 valence electrons.